The lowest BCUT2D eigenvalue weighted by Gasteiger charge is -1.99. The fourth-order valence-corrected chi connectivity index (χ4v) is 1.33. The van der Waals surface area contributed by atoms with E-state index in [4.69, 9.17) is 23.2 Å². The maximum Gasteiger partial charge on any atom is 0.184 e. The predicted molar refractivity (Wildman–Crippen MR) is 51.3 cm³/mol. The molecule has 0 aliphatic heterocycles. The second-order valence-corrected chi connectivity index (χ2v) is 3.33. The van der Waals surface area contributed by atoms with Gasteiger partial charge in [-0.05, 0) is 12.5 Å². The van der Waals surface area contributed by atoms with Gasteiger partial charge in [-0.1, -0.05) is 30.1 Å². The smallest absolute Gasteiger partial charge is 0.184 e. The minimum Gasteiger partial charge on any atom is -0.292 e. The van der Waals surface area contributed by atoms with Gasteiger partial charge in [0.1, 0.15) is 5.69 Å². The normalized spacial score (nSPS) is 10.1. The summed E-state index contributed by atoms with van der Waals surface area (Å²) >= 11 is 11.3. The van der Waals surface area contributed by atoms with Crippen LogP contribution in [0.25, 0.3) is 0 Å². The maximum atomic E-state index is 11.3. The molecule has 0 amide bonds. The summed E-state index contributed by atoms with van der Waals surface area (Å²) in [5.41, 5.74) is 0.202. The first-order chi connectivity index (χ1) is 6.15. The van der Waals surface area contributed by atoms with Crippen LogP contribution in [0.4, 0.5) is 0 Å². The lowest BCUT2D eigenvalue weighted by atomic mass is 10.2. The molecule has 5 heteroatoms. The van der Waals surface area contributed by atoms with Gasteiger partial charge >= 0.3 is 0 Å². The predicted octanol–water partition coefficient (Wildman–Crippen LogP) is 2.77. The molecule has 0 aliphatic rings. The van der Waals surface area contributed by atoms with Crippen molar-refractivity contribution in [2.45, 2.75) is 19.8 Å². The lowest BCUT2D eigenvalue weighted by Crippen LogP contribution is -2.04. The highest BCUT2D eigenvalue weighted by atomic mass is 35.5. The Morgan fingerprint density at radius 1 is 1.46 bits per heavy atom. The molecule has 0 aromatic carbocycles. The van der Waals surface area contributed by atoms with Gasteiger partial charge in [-0.15, -0.1) is 10.2 Å². The molecule has 0 spiro atoms. The van der Waals surface area contributed by atoms with Crippen LogP contribution in [0.15, 0.2) is 6.07 Å². The molecule has 1 aromatic heterocycles. The maximum absolute atomic E-state index is 11.3. The van der Waals surface area contributed by atoms with Crippen LogP contribution in [-0.2, 0) is 0 Å². The first-order valence-electron chi connectivity index (χ1n) is 3.87. The number of hydrogen-bond acceptors (Lipinski definition) is 3. The molecule has 0 N–H and O–H groups in total. The van der Waals surface area contributed by atoms with E-state index in [1.165, 1.54) is 6.07 Å². The van der Waals surface area contributed by atoms with Gasteiger partial charge in [0, 0.05) is 6.42 Å². The Morgan fingerprint density at radius 3 is 2.69 bits per heavy atom. The van der Waals surface area contributed by atoms with E-state index >= 15 is 0 Å². The highest BCUT2D eigenvalue weighted by molar-refractivity contribution is 6.35. The van der Waals surface area contributed by atoms with Crippen LogP contribution in [0.2, 0.25) is 10.2 Å². The van der Waals surface area contributed by atoms with E-state index in [1.807, 2.05) is 6.92 Å². The van der Waals surface area contributed by atoms with E-state index in [1.54, 1.807) is 0 Å². The van der Waals surface area contributed by atoms with Crippen molar-refractivity contribution in [1.29, 1.82) is 0 Å². The number of halogens is 2. The number of nitrogens with zero attached hydrogens (tertiary/aromatic N) is 2. The van der Waals surface area contributed by atoms with Crippen LogP contribution in [0.1, 0.15) is 30.3 Å². The number of carbonyl (C=O) groups is 1. The molecule has 0 aliphatic carbocycles. The average molecular weight is 219 g/mol. The molecule has 13 heavy (non-hydrogen) atoms. The summed E-state index contributed by atoms with van der Waals surface area (Å²) in [4.78, 5) is 11.3. The summed E-state index contributed by atoms with van der Waals surface area (Å²) < 4.78 is 0. The Balaban J connectivity index is 2.95. The van der Waals surface area contributed by atoms with Crippen molar-refractivity contribution in [3.05, 3.63) is 21.9 Å². The van der Waals surface area contributed by atoms with Gasteiger partial charge in [-0.2, -0.15) is 0 Å². The first-order valence-corrected chi connectivity index (χ1v) is 4.62. The quantitative estimate of drug-likeness (QED) is 0.734. The SMILES string of the molecule is CCCC(=O)c1nnc(Cl)cc1Cl. The standard InChI is InChI=1S/C8H8Cl2N2O/c1-2-3-6(13)8-5(9)4-7(10)11-12-8/h4H,2-3H2,1H3. The Kier molecular flexibility index (Phi) is 3.63. The third kappa shape index (κ3) is 2.64. The van der Waals surface area contributed by atoms with Crippen LogP contribution in [0.5, 0.6) is 0 Å². The van der Waals surface area contributed by atoms with Crippen molar-refractivity contribution in [1.82, 2.24) is 10.2 Å². The summed E-state index contributed by atoms with van der Waals surface area (Å²) in [6.07, 6.45) is 1.19. The molecule has 1 heterocycles. The Morgan fingerprint density at radius 2 is 2.15 bits per heavy atom. The van der Waals surface area contributed by atoms with E-state index in [2.05, 4.69) is 10.2 Å². The number of aromatic nitrogens is 2. The van der Waals surface area contributed by atoms with Crippen molar-refractivity contribution in [3.8, 4) is 0 Å². The van der Waals surface area contributed by atoms with Gasteiger partial charge in [0.25, 0.3) is 0 Å². The van der Waals surface area contributed by atoms with E-state index in [9.17, 15) is 4.79 Å². The van der Waals surface area contributed by atoms with Gasteiger partial charge in [-0.3, -0.25) is 4.79 Å². The average Bonchev–Trinajstić information content (AvgIpc) is 2.04. The molecule has 1 rings (SSSR count). The number of ketones is 1. The van der Waals surface area contributed by atoms with Crippen LogP contribution < -0.4 is 0 Å². The van der Waals surface area contributed by atoms with E-state index < -0.39 is 0 Å². The third-order valence-corrected chi connectivity index (χ3v) is 1.93. The first kappa shape index (κ1) is 10.4. The van der Waals surface area contributed by atoms with Crippen molar-refractivity contribution >= 4 is 29.0 Å². The van der Waals surface area contributed by atoms with Gasteiger partial charge in [0.15, 0.2) is 10.9 Å². The van der Waals surface area contributed by atoms with Crippen LogP contribution in [0.3, 0.4) is 0 Å². The van der Waals surface area contributed by atoms with Crippen LogP contribution >= 0.6 is 23.2 Å². The van der Waals surface area contributed by atoms with E-state index in [-0.39, 0.29) is 21.7 Å². The molecular weight excluding hydrogens is 211 g/mol. The summed E-state index contributed by atoms with van der Waals surface area (Å²) in [6.45, 7) is 1.91. The third-order valence-electron chi connectivity index (χ3n) is 1.46. The summed E-state index contributed by atoms with van der Waals surface area (Å²) in [5, 5.41) is 7.64. The molecule has 3 nitrogen and oxygen atoms in total. The Hall–Kier alpha value is -0.670. The summed E-state index contributed by atoms with van der Waals surface area (Å²) in [5.74, 6) is -0.100. The molecule has 0 bridgehead atoms. The highest BCUT2D eigenvalue weighted by Gasteiger charge is 2.12. The number of carbonyl (C=O) groups excluding carboxylic acids is 1. The fourth-order valence-electron chi connectivity index (χ4n) is 0.882. The van der Waals surface area contributed by atoms with Gasteiger partial charge in [0.2, 0.25) is 0 Å². The minimum absolute atomic E-state index is 0.100. The Labute approximate surface area is 86.1 Å². The molecule has 1 aromatic rings. The zero-order chi connectivity index (χ0) is 9.84. The minimum atomic E-state index is -0.100. The van der Waals surface area contributed by atoms with Gasteiger partial charge < -0.3 is 0 Å². The Bertz CT molecular complexity index is 328. The van der Waals surface area contributed by atoms with E-state index in [0.29, 0.717) is 6.42 Å². The number of hydrogen-bond donors (Lipinski definition) is 0. The van der Waals surface area contributed by atoms with Crippen molar-refractivity contribution in [3.63, 3.8) is 0 Å². The number of Topliss-reactive ketones (excluding diaryl/α,β-unsaturated/α-hetero) is 1. The van der Waals surface area contributed by atoms with Crippen LogP contribution in [0, 0.1) is 0 Å². The largest absolute Gasteiger partial charge is 0.292 e. The zero-order valence-corrected chi connectivity index (χ0v) is 8.56. The summed E-state index contributed by atoms with van der Waals surface area (Å²) in [7, 11) is 0. The monoisotopic (exact) mass is 218 g/mol. The lowest BCUT2D eigenvalue weighted by molar-refractivity contribution is 0.0976. The number of rotatable bonds is 3. The van der Waals surface area contributed by atoms with Gasteiger partial charge in [-0.25, -0.2) is 0 Å². The topological polar surface area (TPSA) is 42.9 Å². The molecule has 0 saturated carbocycles. The molecule has 0 fully saturated rings. The van der Waals surface area contributed by atoms with Crippen molar-refractivity contribution in [2.24, 2.45) is 0 Å². The molecule has 0 saturated heterocycles. The molecule has 70 valence electrons. The second-order valence-electron chi connectivity index (χ2n) is 2.54. The second kappa shape index (κ2) is 4.53. The molecule has 0 atom stereocenters. The van der Waals surface area contributed by atoms with Gasteiger partial charge in [0.05, 0.1) is 5.02 Å². The van der Waals surface area contributed by atoms with Crippen molar-refractivity contribution < 1.29 is 4.79 Å². The van der Waals surface area contributed by atoms with Crippen molar-refractivity contribution in [2.75, 3.05) is 0 Å². The zero-order valence-electron chi connectivity index (χ0n) is 7.05. The highest BCUT2D eigenvalue weighted by Crippen LogP contribution is 2.17. The molecule has 0 radical (unpaired) electrons. The molecule has 0 unspecified atom stereocenters. The van der Waals surface area contributed by atoms with Crippen LogP contribution in [-0.4, -0.2) is 16.0 Å². The van der Waals surface area contributed by atoms with E-state index in [0.717, 1.165) is 6.42 Å². The summed E-state index contributed by atoms with van der Waals surface area (Å²) in [6, 6.07) is 1.42. The fraction of sp³-hybridized carbons (Fsp3) is 0.375. The molecular formula is C8H8Cl2N2O.